The third-order valence-corrected chi connectivity index (χ3v) is 4.75. The highest BCUT2D eigenvalue weighted by Gasteiger charge is 2.26. The Balaban J connectivity index is 0.00000187. The smallest absolute Gasteiger partial charge is 0.285 e. The van der Waals surface area contributed by atoms with Crippen LogP contribution in [0.3, 0.4) is 0 Å². The summed E-state index contributed by atoms with van der Waals surface area (Å²) in [6.45, 7) is 7.22. The molecular formula is C25H28N4O4. The van der Waals surface area contributed by atoms with Gasteiger partial charge in [-0.15, -0.1) is 0 Å². The fraction of sp³-hybridized carbons (Fsp3) is 0.280. The van der Waals surface area contributed by atoms with Gasteiger partial charge in [-0.05, 0) is 37.6 Å². The fourth-order valence-corrected chi connectivity index (χ4v) is 3.10. The summed E-state index contributed by atoms with van der Waals surface area (Å²) < 4.78 is 1.48. The van der Waals surface area contributed by atoms with Crippen LogP contribution < -0.4 is 11.5 Å². The molecule has 172 valence electrons. The monoisotopic (exact) mass is 448 g/mol. The molecule has 0 fully saturated rings. The number of pyridine rings is 1. The molecule has 3 aromatic rings. The van der Waals surface area contributed by atoms with Crippen molar-refractivity contribution in [2.45, 2.75) is 46.1 Å². The van der Waals surface area contributed by atoms with Crippen LogP contribution in [0.2, 0.25) is 0 Å². The van der Waals surface area contributed by atoms with Crippen LogP contribution in [-0.4, -0.2) is 37.7 Å². The Morgan fingerprint density at radius 1 is 1.12 bits per heavy atom. The molecule has 8 heteroatoms. The van der Waals surface area contributed by atoms with Crippen LogP contribution in [0.25, 0.3) is 16.8 Å². The molecular weight excluding hydrogens is 420 g/mol. The molecule has 1 aromatic carbocycles. The molecule has 0 saturated heterocycles. The summed E-state index contributed by atoms with van der Waals surface area (Å²) >= 11 is 0. The number of Topliss-reactive ketones (excluding diaryl/α,β-unsaturated/α-hetero) is 1. The average molecular weight is 449 g/mol. The molecule has 0 aliphatic heterocycles. The molecule has 0 aliphatic rings. The number of primary amides is 2. The van der Waals surface area contributed by atoms with E-state index in [4.69, 9.17) is 11.5 Å². The number of rotatable bonds is 6. The van der Waals surface area contributed by atoms with Crippen molar-refractivity contribution in [1.29, 1.82) is 0 Å². The van der Waals surface area contributed by atoms with Gasteiger partial charge in [-0.1, -0.05) is 44.7 Å². The zero-order valence-corrected chi connectivity index (χ0v) is 19.2. The van der Waals surface area contributed by atoms with Gasteiger partial charge in [0.15, 0.2) is 11.4 Å². The van der Waals surface area contributed by atoms with Crippen molar-refractivity contribution in [3.05, 3.63) is 59.5 Å². The Morgan fingerprint density at radius 3 is 2.42 bits per heavy atom. The minimum atomic E-state index is -1.75. The van der Waals surface area contributed by atoms with E-state index in [0.717, 1.165) is 0 Å². The average Bonchev–Trinajstić information content (AvgIpc) is 3.19. The van der Waals surface area contributed by atoms with Crippen molar-refractivity contribution in [2.24, 2.45) is 11.5 Å². The topological polar surface area (TPSA) is 141 Å². The summed E-state index contributed by atoms with van der Waals surface area (Å²) in [6, 6.07) is 9.93. The number of hydrogen-bond acceptors (Lipinski definition) is 5. The Morgan fingerprint density at radius 2 is 1.82 bits per heavy atom. The molecule has 0 bridgehead atoms. The summed E-state index contributed by atoms with van der Waals surface area (Å²) in [5.74, 6) is 3.76. The first-order valence-electron chi connectivity index (χ1n) is 10.6. The van der Waals surface area contributed by atoms with E-state index in [1.54, 1.807) is 24.3 Å². The second-order valence-corrected chi connectivity index (χ2v) is 7.26. The van der Waals surface area contributed by atoms with Gasteiger partial charge < -0.3 is 16.6 Å². The SMILES string of the molecule is CC.CCCC(=O)C(C)(O)C#Cc1cccc(-c2nc(C(N)=O)n3ccc(C(N)=O)cc23)c1. The molecule has 0 radical (unpaired) electrons. The van der Waals surface area contributed by atoms with Crippen LogP contribution in [0.4, 0.5) is 0 Å². The third kappa shape index (κ3) is 5.64. The molecule has 33 heavy (non-hydrogen) atoms. The molecule has 1 unspecified atom stereocenters. The fourth-order valence-electron chi connectivity index (χ4n) is 3.10. The van der Waals surface area contributed by atoms with Crippen LogP contribution in [0, 0.1) is 11.8 Å². The van der Waals surface area contributed by atoms with Crippen molar-refractivity contribution in [3.8, 4) is 23.1 Å². The van der Waals surface area contributed by atoms with Crippen LogP contribution in [0.5, 0.6) is 0 Å². The van der Waals surface area contributed by atoms with Crippen LogP contribution in [0.1, 0.15) is 67.1 Å². The largest absolute Gasteiger partial charge is 0.371 e. The predicted octanol–water partition coefficient (Wildman–Crippen LogP) is 2.70. The van der Waals surface area contributed by atoms with Crippen molar-refractivity contribution >= 4 is 23.1 Å². The summed E-state index contributed by atoms with van der Waals surface area (Å²) in [5, 5.41) is 10.3. The van der Waals surface area contributed by atoms with E-state index in [0.29, 0.717) is 28.8 Å². The lowest BCUT2D eigenvalue weighted by Crippen LogP contribution is -2.33. The number of aliphatic hydroxyl groups is 1. The summed E-state index contributed by atoms with van der Waals surface area (Å²) in [5.41, 5.74) is 11.4. The zero-order valence-electron chi connectivity index (χ0n) is 19.2. The van der Waals surface area contributed by atoms with E-state index >= 15 is 0 Å². The highest BCUT2D eigenvalue weighted by molar-refractivity contribution is 5.97. The van der Waals surface area contributed by atoms with Gasteiger partial charge in [-0.25, -0.2) is 4.98 Å². The van der Waals surface area contributed by atoms with E-state index in [2.05, 4.69) is 16.8 Å². The Hall–Kier alpha value is -3.96. The van der Waals surface area contributed by atoms with Crippen molar-refractivity contribution < 1.29 is 19.5 Å². The Kier molecular flexibility index (Phi) is 8.10. The molecule has 2 amide bonds. The van der Waals surface area contributed by atoms with Gasteiger partial charge in [-0.2, -0.15) is 0 Å². The van der Waals surface area contributed by atoms with Gasteiger partial charge in [-0.3, -0.25) is 18.8 Å². The second kappa shape index (κ2) is 10.6. The number of carbonyl (C=O) groups excluding carboxylic acids is 3. The molecule has 2 aromatic heterocycles. The number of benzene rings is 1. The van der Waals surface area contributed by atoms with Crippen LogP contribution in [0.15, 0.2) is 42.6 Å². The lowest BCUT2D eigenvalue weighted by atomic mass is 9.97. The zero-order chi connectivity index (χ0) is 24.8. The molecule has 3 rings (SSSR count). The first-order chi connectivity index (χ1) is 15.6. The second-order valence-electron chi connectivity index (χ2n) is 7.26. The predicted molar refractivity (Wildman–Crippen MR) is 126 cm³/mol. The van der Waals surface area contributed by atoms with Crippen LogP contribution >= 0.6 is 0 Å². The molecule has 8 nitrogen and oxygen atoms in total. The maximum absolute atomic E-state index is 12.0. The maximum atomic E-state index is 12.0. The Labute approximate surface area is 192 Å². The first kappa shape index (κ1) is 25.3. The van der Waals surface area contributed by atoms with Gasteiger partial charge in [0, 0.05) is 29.3 Å². The number of aromatic nitrogens is 2. The minimum Gasteiger partial charge on any atom is -0.371 e. The molecule has 0 aliphatic carbocycles. The van der Waals surface area contributed by atoms with Gasteiger partial charge >= 0.3 is 0 Å². The molecule has 0 saturated carbocycles. The van der Waals surface area contributed by atoms with E-state index in [1.165, 1.54) is 29.7 Å². The quantitative estimate of drug-likeness (QED) is 0.497. The lowest BCUT2D eigenvalue weighted by molar-refractivity contribution is -0.130. The highest BCUT2D eigenvalue weighted by atomic mass is 16.3. The number of fused-ring (bicyclic) bond motifs is 1. The number of nitrogens with zero attached hydrogens (tertiary/aromatic N) is 2. The van der Waals surface area contributed by atoms with E-state index < -0.39 is 17.4 Å². The minimum absolute atomic E-state index is 0.00519. The number of hydrogen-bond donors (Lipinski definition) is 3. The standard InChI is InChI=1S/C23H22N4O4.C2H6/c1-3-5-18(28)23(2,31)10-8-14-6-4-7-15(12-14)19-17-13-16(20(24)29)9-11-27(17)22(26-19)21(25)30;1-2/h4,6-7,9,11-13,31H,3,5H2,1-2H3,(H2,24,29)(H2,25,30);1-2H3. The Bertz CT molecular complexity index is 1260. The molecule has 2 heterocycles. The lowest BCUT2D eigenvalue weighted by Gasteiger charge is -2.13. The van der Waals surface area contributed by atoms with Crippen molar-refractivity contribution in [2.75, 3.05) is 0 Å². The highest BCUT2D eigenvalue weighted by Crippen LogP contribution is 2.26. The summed E-state index contributed by atoms with van der Waals surface area (Å²) in [4.78, 5) is 39.8. The van der Waals surface area contributed by atoms with Crippen molar-refractivity contribution in [1.82, 2.24) is 9.38 Å². The molecule has 1 atom stereocenters. The van der Waals surface area contributed by atoms with Gasteiger partial charge in [0.1, 0.15) is 0 Å². The molecule has 0 spiro atoms. The van der Waals surface area contributed by atoms with Crippen LogP contribution in [-0.2, 0) is 4.79 Å². The van der Waals surface area contributed by atoms with E-state index in [9.17, 15) is 19.5 Å². The van der Waals surface area contributed by atoms with E-state index in [1.807, 2.05) is 20.8 Å². The number of ketones is 1. The third-order valence-electron chi connectivity index (χ3n) is 4.75. The van der Waals surface area contributed by atoms with Gasteiger partial charge in [0.05, 0.1) is 11.2 Å². The first-order valence-corrected chi connectivity index (χ1v) is 10.6. The molecule has 5 N–H and O–H groups in total. The van der Waals surface area contributed by atoms with Crippen molar-refractivity contribution in [3.63, 3.8) is 0 Å². The number of imidazole rings is 1. The number of nitrogens with two attached hydrogens (primary N) is 2. The summed E-state index contributed by atoms with van der Waals surface area (Å²) in [6.07, 6.45) is 2.36. The van der Waals surface area contributed by atoms with Gasteiger partial charge in [0.25, 0.3) is 5.91 Å². The number of carbonyl (C=O) groups is 3. The summed E-state index contributed by atoms with van der Waals surface area (Å²) in [7, 11) is 0. The maximum Gasteiger partial charge on any atom is 0.285 e. The van der Waals surface area contributed by atoms with Gasteiger partial charge in [0.2, 0.25) is 11.7 Å². The normalized spacial score (nSPS) is 12.0. The van der Waals surface area contributed by atoms with E-state index in [-0.39, 0.29) is 23.6 Å². The number of amides is 2.